The molecule has 1 aromatic carbocycles. The Balaban J connectivity index is 1.51. The molecule has 1 unspecified atom stereocenters. The Morgan fingerprint density at radius 3 is 2.85 bits per heavy atom. The number of amides is 3. The van der Waals surface area contributed by atoms with Crippen LogP contribution in [0.2, 0.25) is 0 Å². The Bertz CT molecular complexity index is 540. The van der Waals surface area contributed by atoms with Crippen molar-refractivity contribution in [2.24, 2.45) is 11.8 Å². The molecule has 0 spiro atoms. The summed E-state index contributed by atoms with van der Waals surface area (Å²) < 4.78 is 0. The van der Waals surface area contributed by atoms with Crippen molar-refractivity contribution in [2.45, 2.75) is 26.3 Å². The fourth-order valence-electron chi connectivity index (χ4n) is 2.59. The molecule has 0 aromatic heterocycles. The number of fused-ring (bicyclic) bond motifs is 1. The first-order chi connectivity index (χ1) is 9.65. The molecule has 5 nitrogen and oxygen atoms in total. The molecule has 3 amide bonds. The SMILES string of the molecule is CC(CNC(=O)NN1Cc2ccccc2C1=O)C1CC1. The highest BCUT2D eigenvalue weighted by atomic mass is 16.2. The molecule has 20 heavy (non-hydrogen) atoms. The second kappa shape index (κ2) is 5.15. The van der Waals surface area contributed by atoms with Crippen LogP contribution in [-0.2, 0) is 6.54 Å². The van der Waals surface area contributed by atoms with E-state index in [0.29, 0.717) is 24.6 Å². The Morgan fingerprint density at radius 1 is 1.40 bits per heavy atom. The molecule has 2 N–H and O–H groups in total. The summed E-state index contributed by atoms with van der Waals surface area (Å²) in [6.45, 7) is 3.24. The van der Waals surface area contributed by atoms with Crippen LogP contribution < -0.4 is 10.7 Å². The van der Waals surface area contributed by atoms with Gasteiger partial charge < -0.3 is 5.32 Å². The van der Waals surface area contributed by atoms with Gasteiger partial charge in [0.25, 0.3) is 5.91 Å². The summed E-state index contributed by atoms with van der Waals surface area (Å²) in [6.07, 6.45) is 2.54. The van der Waals surface area contributed by atoms with E-state index in [9.17, 15) is 9.59 Å². The molecule has 5 heteroatoms. The minimum atomic E-state index is -0.307. The van der Waals surface area contributed by atoms with Crippen molar-refractivity contribution >= 4 is 11.9 Å². The van der Waals surface area contributed by atoms with Crippen molar-refractivity contribution in [3.8, 4) is 0 Å². The van der Waals surface area contributed by atoms with Crippen LogP contribution in [0, 0.1) is 11.8 Å². The van der Waals surface area contributed by atoms with Crippen molar-refractivity contribution in [2.75, 3.05) is 6.54 Å². The lowest BCUT2D eigenvalue weighted by atomic mass is 10.1. The molecule has 1 aliphatic carbocycles. The predicted molar refractivity (Wildman–Crippen MR) is 74.7 cm³/mol. The Hall–Kier alpha value is -2.04. The van der Waals surface area contributed by atoms with Gasteiger partial charge in [-0.25, -0.2) is 15.2 Å². The van der Waals surface area contributed by atoms with Gasteiger partial charge in [-0.15, -0.1) is 0 Å². The molecule has 3 rings (SSSR count). The zero-order valence-corrected chi connectivity index (χ0v) is 11.6. The van der Waals surface area contributed by atoms with E-state index in [0.717, 1.165) is 11.5 Å². The van der Waals surface area contributed by atoms with Crippen LogP contribution >= 0.6 is 0 Å². The van der Waals surface area contributed by atoms with Crippen LogP contribution in [0.15, 0.2) is 24.3 Å². The largest absolute Gasteiger partial charge is 0.336 e. The third-order valence-corrected chi connectivity index (χ3v) is 4.07. The molecular weight excluding hydrogens is 254 g/mol. The number of nitrogens with zero attached hydrogens (tertiary/aromatic N) is 1. The summed E-state index contributed by atoms with van der Waals surface area (Å²) in [4.78, 5) is 23.9. The molecular formula is C15H19N3O2. The maximum Gasteiger partial charge on any atom is 0.333 e. The molecule has 1 atom stereocenters. The number of rotatable bonds is 4. The van der Waals surface area contributed by atoms with Crippen LogP contribution in [0.5, 0.6) is 0 Å². The quantitative estimate of drug-likeness (QED) is 0.880. The van der Waals surface area contributed by atoms with Gasteiger partial charge in [0.05, 0.1) is 6.54 Å². The van der Waals surface area contributed by atoms with Crippen LogP contribution in [0.3, 0.4) is 0 Å². The lowest BCUT2D eigenvalue weighted by molar-refractivity contribution is 0.0706. The fourth-order valence-corrected chi connectivity index (χ4v) is 2.59. The first-order valence-electron chi connectivity index (χ1n) is 7.09. The number of hydrogen-bond acceptors (Lipinski definition) is 2. The van der Waals surface area contributed by atoms with E-state index in [1.807, 2.05) is 18.2 Å². The van der Waals surface area contributed by atoms with Gasteiger partial charge in [-0.05, 0) is 36.3 Å². The van der Waals surface area contributed by atoms with Crippen LogP contribution in [0.25, 0.3) is 0 Å². The maximum atomic E-state index is 12.1. The minimum absolute atomic E-state index is 0.147. The smallest absolute Gasteiger partial charge is 0.333 e. The van der Waals surface area contributed by atoms with Crippen molar-refractivity contribution in [3.63, 3.8) is 0 Å². The Morgan fingerprint density at radius 2 is 2.15 bits per heavy atom. The molecule has 0 bridgehead atoms. The average molecular weight is 273 g/mol. The zero-order valence-electron chi connectivity index (χ0n) is 11.6. The Kier molecular flexibility index (Phi) is 3.34. The fraction of sp³-hybridized carbons (Fsp3) is 0.467. The molecule has 2 aliphatic rings. The molecule has 0 radical (unpaired) electrons. The van der Waals surface area contributed by atoms with Gasteiger partial charge in [-0.3, -0.25) is 4.79 Å². The predicted octanol–water partition coefficient (Wildman–Crippen LogP) is 1.90. The van der Waals surface area contributed by atoms with Crippen molar-refractivity contribution in [1.29, 1.82) is 0 Å². The lowest BCUT2D eigenvalue weighted by Crippen LogP contribution is -2.48. The van der Waals surface area contributed by atoms with Crippen LogP contribution in [-0.4, -0.2) is 23.5 Å². The third-order valence-electron chi connectivity index (χ3n) is 4.07. The Labute approximate surface area is 118 Å². The monoisotopic (exact) mass is 273 g/mol. The minimum Gasteiger partial charge on any atom is -0.336 e. The number of carbonyl (C=O) groups excluding carboxylic acids is 2. The summed E-state index contributed by atoms with van der Waals surface area (Å²) in [7, 11) is 0. The van der Waals surface area contributed by atoms with E-state index < -0.39 is 0 Å². The zero-order chi connectivity index (χ0) is 14.1. The summed E-state index contributed by atoms with van der Waals surface area (Å²) in [6, 6.07) is 7.11. The van der Waals surface area contributed by atoms with E-state index in [1.165, 1.54) is 17.9 Å². The molecule has 1 heterocycles. The van der Waals surface area contributed by atoms with Crippen molar-refractivity contribution in [1.82, 2.24) is 15.8 Å². The van der Waals surface area contributed by atoms with Crippen LogP contribution in [0.1, 0.15) is 35.7 Å². The number of hydrogen-bond donors (Lipinski definition) is 2. The summed E-state index contributed by atoms with van der Waals surface area (Å²) in [5, 5.41) is 4.20. The third kappa shape index (κ3) is 2.61. The van der Waals surface area contributed by atoms with Gasteiger partial charge in [-0.1, -0.05) is 25.1 Å². The molecule has 1 saturated carbocycles. The van der Waals surface area contributed by atoms with E-state index in [-0.39, 0.29) is 11.9 Å². The highest BCUT2D eigenvalue weighted by Crippen LogP contribution is 2.36. The van der Waals surface area contributed by atoms with Gasteiger partial charge in [0.2, 0.25) is 0 Å². The molecule has 106 valence electrons. The van der Waals surface area contributed by atoms with Crippen molar-refractivity contribution < 1.29 is 9.59 Å². The first kappa shape index (κ1) is 13.0. The maximum absolute atomic E-state index is 12.1. The highest BCUT2D eigenvalue weighted by molar-refractivity contribution is 5.99. The lowest BCUT2D eigenvalue weighted by Gasteiger charge is -2.18. The van der Waals surface area contributed by atoms with Gasteiger partial charge in [0.1, 0.15) is 0 Å². The number of carbonyl (C=O) groups is 2. The second-order valence-electron chi connectivity index (χ2n) is 5.68. The summed E-state index contributed by atoms with van der Waals surface area (Å²) >= 11 is 0. The standard InChI is InChI=1S/C15H19N3O2/c1-10(11-6-7-11)8-16-15(20)17-18-9-12-4-2-3-5-13(12)14(18)19/h2-5,10-11H,6-9H2,1H3,(H2,16,17,20). The number of hydrazine groups is 1. The van der Waals surface area contributed by atoms with Gasteiger partial charge in [-0.2, -0.15) is 0 Å². The van der Waals surface area contributed by atoms with Crippen LogP contribution in [0.4, 0.5) is 4.79 Å². The first-order valence-corrected chi connectivity index (χ1v) is 7.09. The average Bonchev–Trinajstić information content (AvgIpc) is 3.24. The molecule has 1 fully saturated rings. The summed E-state index contributed by atoms with van der Waals surface area (Å²) in [5.41, 5.74) is 4.24. The van der Waals surface area contributed by atoms with Crippen molar-refractivity contribution in [3.05, 3.63) is 35.4 Å². The van der Waals surface area contributed by atoms with E-state index >= 15 is 0 Å². The van der Waals surface area contributed by atoms with Gasteiger partial charge >= 0.3 is 6.03 Å². The van der Waals surface area contributed by atoms with E-state index in [4.69, 9.17) is 0 Å². The molecule has 0 saturated heterocycles. The van der Waals surface area contributed by atoms with Gasteiger partial charge in [0, 0.05) is 12.1 Å². The van der Waals surface area contributed by atoms with E-state index in [1.54, 1.807) is 6.07 Å². The summed E-state index contributed by atoms with van der Waals surface area (Å²) in [5.74, 6) is 1.12. The normalized spacial score (nSPS) is 18.6. The van der Waals surface area contributed by atoms with E-state index in [2.05, 4.69) is 17.7 Å². The number of benzene rings is 1. The van der Waals surface area contributed by atoms with Gasteiger partial charge in [0.15, 0.2) is 0 Å². The molecule has 1 aliphatic heterocycles. The molecule has 1 aromatic rings. The highest BCUT2D eigenvalue weighted by Gasteiger charge is 2.30. The number of nitrogens with one attached hydrogen (secondary N) is 2. The number of urea groups is 1. The topological polar surface area (TPSA) is 61.4 Å². The second-order valence-corrected chi connectivity index (χ2v) is 5.68.